The van der Waals surface area contributed by atoms with Crippen molar-refractivity contribution in [1.82, 2.24) is 0 Å². The highest BCUT2D eigenvalue weighted by Gasteiger charge is 2.22. The van der Waals surface area contributed by atoms with E-state index in [-0.39, 0.29) is 0 Å². The largest absolute Gasteiger partial charge is 0.396 e. The molecule has 1 aliphatic heterocycles. The van der Waals surface area contributed by atoms with Gasteiger partial charge in [0.25, 0.3) is 0 Å². The molecule has 0 saturated carbocycles. The smallest absolute Gasteiger partial charge is 0.0457 e. The van der Waals surface area contributed by atoms with E-state index >= 15 is 0 Å². The molecule has 14 heavy (non-hydrogen) atoms. The van der Waals surface area contributed by atoms with Gasteiger partial charge in [-0.1, -0.05) is 25.1 Å². The predicted octanol–water partition coefficient (Wildman–Crippen LogP) is 2.72. The Morgan fingerprint density at radius 2 is 2.29 bits per heavy atom. The van der Waals surface area contributed by atoms with Crippen LogP contribution < -0.4 is 0 Å². The second kappa shape index (κ2) is 4.37. The molecule has 0 fully saturated rings. The average Bonchev–Trinajstić information content (AvgIpc) is 2.59. The van der Waals surface area contributed by atoms with Crippen molar-refractivity contribution in [2.45, 2.75) is 29.9 Å². The molecule has 0 aliphatic carbocycles. The molecule has 0 spiro atoms. The Kier molecular flexibility index (Phi) is 3.14. The van der Waals surface area contributed by atoms with Gasteiger partial charge in [0.05, 0.1) is 0 Å². The molecule has 1 N–H and O–H groups in total. The van der Waals surface area contributed by atoms with Gasteiger partial charge in [0.15, 0.2) is 0 Å². The molecule has 0 aromatic heterocycles. The summed E-state index contributed by atoms with van der Waals surface area (Å²) in [6.45, 7) is 2.43. The van der Waals surface area contributed by atoms with Crippen LogP contribution in [0.2, 0.25) is 0 Å². The van der Waals surface area contributed by atoms with E-state index in [4.69, 9.17) is 5.11 Å². The van der Waals surface area contributed by atoms with Gasteiger partial charge in [-0.05, 0) is 30.4 Å². The van der Waals surface area contributed by atoms with Crippen molar-refractivity contribution in [3.05, 3.63) is 29.8 Å². The van der Waals surface area contributed by atoms with Crippen LogP contribution in [0.1, 0.15) is 18.9 Å². The number of aliphatic hydroxyl groups excluding tert-OH is 1. The first-order chi connectivity index (χ1) is 6.79. The molecular weight excluding hydrogens is 192 g/mol. The fourth-order valence-electron chi connectivity index (χ4n) is 1.91. The topological polar surface area (TPSA) is 20.2 Å². The predicted molar refractivity (Wildman–Crippen MR) is 60.7 cm³/mol. The Bertz CT molecular complexity index is 286. The standard InChI is InChI=1S/C12H16OS/c1-9(8-13)6-11-7-10-4-2-3-5-12(10)14-11/h2-5,9,11,13H,6-8H2,1H3. The Labute approximate surface area is 89.5 Å². The van der Waals surface area contributed by atoms with E-state index < -0.39 is 0 Å². The number of aliphatic hydroxyl groups is 1. The van der Waals surface area contributed by atoms with E-state index in [0.717, 1.165) is 6.42 Å². The molecule has 2 heteroatoms. The fraction of sp³-hybridized carbons (Fsp3) is 0.500. The van der Waals surface area contributed by atoms with Crippen molar-refractivity contribution in [2.75, 3.05) is 6.61 Å². The van der Waals surface area contributed by atoms with Gasteiger partial charge in [-0.25, -0.2) is 0 Å². The van der Waals surface area contributed by atoms with Crippen LogP contribution in [0, 0.1) is 5.92 Å². The van der Waals surface area contributed by atoms with Gasteiger partial charge in [0.1, 0.15) is 0 Å². The van der Waals surface area contributed by atoms with E-state index in [9.17, 15) is 0 Å². The lowest BCUT2D eigenvalue weighted by Crippen LogP contribution is -2.10. The molecule has 0 saturated heterocycles. The highest BCUT2D eigenvalue weighted by Crippen LogP contribution is 2.39. The summed E-state index contributed by atoms with van der Waals surface area (Å²) in [5, 5.41) is 9.68. The van der Waals surface area contributed by atoms with Crippen LogP contribution >= 0.6 is 11.8 Å². The number of benzene rings is 1. The molecule has 1 aromatic rings. The van der Waals surface area contributed by atoms with Crippen LogP contribution in [0.25, 0.3) is 0 Å². The van der Waals surface area contributed by atoms with Crippen LogP contribution in [-0.2, 0) is 6.42 Å². The molecule has 2 rings (SSSR count). The van der Waals surface area contributed by atoms with Crippen molar-refractivity contribution in [3.8, 4) is 0 Å². The lowest BCUT2D eigenvalue weighted by Gasteiger charge is -2.12. The van der Waals surface area contributed by atoms with E-state index in [1.54, 1.807) is 0 Å². The molecule has 0 amide bonds. The maximum absolute atomic E-state index is 9.00. The van der Waals surface area contributed by atoms with Gasteiger partial charge in [0, 0.05) is 16.8 Å². The Morgan fingerprint density at radius 1 is 1.50 bits per heavy atom. The van der Waals surface area contributed by atoms with Gasteiger partial charge >= 0.3 is 0 Å². The molecule has 1 aromatic carbocycles. The molecular formula is C12H16OS. The molecule has 76 valence electrons. The molecule has 1 aliphatic rings. The van der Waals surface area contributed by atoms with Gasteiger partial charge < -0.3 is 5.11 Å². The van der Waals surface area contributed by atoms with Crippen molar-refractivity contribution < 1.29 is 5.11 Å². The maximum Gasteiger partial charge on any atom is 0.0457 e. The first kappa shape index (κ1) is 10.1. The zero-order valence-corrected chi connectivity index (χ0v) is 9.26. The normalized spacial score (nSPS) is 22.0. The van der Waals surface area contributed by atoms with E-state index in [2.05, 4.69) is 31.2 Å². The highest BCUT2D eigenvalue weighted by atomic mass is 32.2. The molecule has 0 radical (unpaired) electrons. The van der Waals surface area contributed by atoms with Crippen molar-refractivity contribution in [1.29, 1.82) is 0 Å². The van der Waals surface area contributed by atoms with Crippen LogP contribution in [0.4, 0.5) is 0 Å². The summed E-state index contributed by atoms with van der Waals surface area (Å²) < 4.78 is 0. The Morgan fingerprint density at radius 3 is 3.00 bits per heavy atom. The number of rotatable bonds is 3. The van der Waals surface area contributed by atoms with Crippen LogP contribution in [-0.4, -0.2) is 17.0 Å². The maximum atomic E-state index is 9.00. The molecule has 1 nitrogen and oxygen atoms in total. The number of fused-ring (bicyclic) bond motifs is 1. The van der Waals surface area contributed by atoms with Crippen LogP contribution in [0.15, 0.2) is 29.2 Å². The van der Waals surface area contributed by atoms with Gasteiger partial charge in [-0.2, -0.15) is 0 Å². The minimum atomic E-state index is 0.313. The summed E-state index contributed by atoms with van der Waals surface area (Å²) in [7, 11) is 0. The first-order valence-electron chi connectivity index (χ1n) is 5.15. The van der Waals surface area contributed by atoms with Gasteiger partial charge in [-0.3, -0.25) is 0 Å². The molecule has 0 bridgehead atoms. The van der Waals surface area contributed by atoms with E-state index in [1.165, 1.54) is 16.9 Å². The second-order valence-corrected chi connectivity index (χ2v) is 5.42. The SMILES string of the molecule is CC(CO)CC1Cc2ccccc2S1. The first-order valence-corrected chi connectivity index (χ1v) is 6.03. The Hall–Kier alpha value is -0.470. The monoisotopic (exact) mass is 208 g/mol. The summed E-state index contributed by atoms with van der Waals surface area (Å²) in [4.78, 5) is 1.43. The van der Waals surface area contributed by atoms with Crippen LogP contribution in [0.5, 0.6) is 0 Å². The third-order valence-electron chi connectivity index (χ3n) is 2.69. The zero-order chi connectivity index (χ0) is 9.97. The van der Waals surface area contributed by atoms with Crippen molar-refractivity contribution in [2.24, 2.45) is 5.92 Å². The Balaban J connectivity index is 1.98. The van der Waals surface area contributed by atoms with Crippen molar-refractivity contribution in [3.63, 3.8) is 0 Å². The number of hydrogen-bond acceptors (Lipinski definition) is 2. The molecule has 2 atom stereocenters. The summed E-state index contributed by atoms with van der Waals surface area (Å²) in [5.41, 5.74) is 1.48. The lowest BCUT2D eigenvalue weighted by atomic mass is 10.0. The summed E-state index contributed by atoms with van der Waals surface area (Å²) in [6, 6.07) is 8.62. The summed E-state index contributed by atoms with van der Waals surface area (Å²) in [5.74, 6) is 0.432. The van der Waals surface area contributed by atoms with Gasteiger partial charge in [0.2, 0.25) is 0 Å². The minimum absolute atomic E-state index is 0.313. The molecule has 1 heterocycles. The van der Waals surface area contributed by atoms with Crippen molar-refractivity contribution >= 4 is 11.8 Å². The quantitative estimate of drug-likeness (QED) is 0.824. The third-order valence-corrected chi connectivity index (χ3v) is 4.04. The van der Waals surface area contributed by atoms with Crippen LogP contribution in [0.3, 0.4) is 0 Å². The van der Waals surface area contributed by atoms with E-state index in [1.807, 2.05) is 11.8 Å². The number of thioether (sulfide) groups is 1. The highest BCUT2D eigenvalue weighted by molar-refractivity contribution is 8.00. The fourth-order valence-corrected chi connectivity index (χ4v) is 3.42. The second-order valence-electron chi connectivity index (χ2n) is 4.08. The van der Waals surface area contributed by atoms with E-state index in [0.29, 0.717) is 17.8 Å². The lowest BCUT2D eigenvalue weighted by molar-refractivity contribution is 0.230. The molecule has 2 unspecified atom stereocenters. The summed E-state index contributed by atoms with van der Waals surface area (Å²) in [6.07, 6.45) is 2.29. The third kappa shape index (κ3) is 2.12. The van der Waals surface area contributed by atoms with Gasteiger partial charge in [-0.15, -0.1) is 11.8 Å². The average molecular weight is 208 g/mol. The number of hydrogen-bond donors (Lipinski definition) is 1. The minimum Gasteiger partial charge on any atom is -0.396 e. The summed E-state index contributed by atoms with van der Waals surface area (Å²) >= 11 is 1.97. The zero-order valence-electron chi connectivity index (χ0n) is 8.44.